The third kappa shape index (κ3) is 3.46. The zero-order valence-electron chi connectivity index (χ0n) is 14.4. The molecule has 2 heterocycles. The summed E-state index contributed by atoms with van der Waals surface area (Å²) in [4.78, 5) is 26.6. The maximum absolute atomic E-state index is 13.0. The van der Waals surface area contributed by atoms with Crippen molar-refractivity contribution in [3.05, 3.63) is 83.6 Å². The smallest absolute Gasteiger partial charge is 0.293 e. The fourth-order valence-electron chi connectivity index (χ4n) is 3.22. The van der Waals surface area contributed by atoms with Crippen LogP contribution in [-0.4, -0.2) is 18.4 Å². The highest BCUT2D eigenvalue weighted by Gasteiger charge is 2.25. The number of anilines is 2. The van der Waals surface area contributed by atoms with E-state index in [0.717, 1.165) is 24.1 Å². The summed E-state index contributed by atoms with van der Waals surface area (Å²) in [6.07, 6.45) is 3.12. The minimum absolute atomic E-state index is 0.177. The highest BCUT2D eigenvalue weighted by atomic mass is 19.1. The third-order valence-corrected chi connectivity index (χ3v) is 4.54. The third-order valence-electron chi connectivity index (χ3n) is 4.54. The molecule has 0 saturated heterocycles. The topological polar surface area (TPSA) is 62.6 Å². The maximum Gasteiger partial charge on any atom is 0.293 e. The Bertz CT molecular complexity index is 981. The number of furan rings is 1. The van der Waals surface area contributed by atoms with Gasteiger partial charge in [0.15, 0.2) is 5.76 Å². The van der Waals surface area contributed by atoms with Crippen molar-refractivity contribution in [2.24, 2.45) is 0 Å². The van der Waals surface area contributed by atoms with Gasteiger partial charge in [-0.25, -0.2) is 4.39 Å². The van der Waals surface area contributed by atoms with Gasteiger partial charge in [0.05, 0.1) is 6.26 Å². The van der Waals surface area contributed by atoms with Gasteiger partial charge in [0, 0.05) is 23.5 Å². The first kappa shape index (κ1) is 17.0. The molecule has 0 aliphatic carbocycles. The second kappa shape index (κ2) is 7.07. The number of carbonyl (C=O) groups excluding carboxylic acids is 2. The highest BCUT2D eigenvalue weighted by Crippen LogP contribution is 2.31. The average Bonchev–Trinajstić information content (AvgIpc) is 3.22. The zero-order valence-corrected chi connectivity index (χ0v) is 14.4. The van der Waals surface area contributed by atoms with Crippen LogP contribution in [-0.2, 0) is 6.42 Å². The Balaban J connectivity index is 1.55. The molecule has 0 bridgehead atoms. The molecule has 1 aliphatic heterocycles. The first-order chi connectivity index (χ1) is 13.1. The van der Waals surface area contributed by atoms with Gasteiger partial charge in [-0.1, -0.05) is 0 Å². The molecule has 6 heteroatoms. The van der Waals surface area contributed by atoms with Crippen LogP contribution >= 0.6 is 0 Å². The molecule has 2 aromatic carbocycles. The average molecular weight is 364 g/mol. The van der Waals surface area contributed by atoms with E-state index < -0.39 is 0 Å². The van der Waals surface area contributed by atoms with Crippen LogP contribution in [0.3, 0.4) is 0 Å². The molecule has 1 aromatic heterocycles. The molecule has 5 nitrogen and oxygen atoms in total. The van der Waals surface area contributed by atoms with E-state index in [1.165, 1.54) is 30.5 Å². The van der Waals surface area contributed by atoms with Crippen LogP contribution in [0.4, 0.5) is 15.8 Å². The molecule has 1 aliphatic rings. The van der Waals surface area contributed by atoms with Gasteiger partial charge in [0.2, 0.25) is 0 Å². The monoisotopic (exact) mass is 364 g/mol. The van der Waals surface area contributed by atoms with Gasteiger partial charge in [-0.05, 0) is 73.0 Å². The lowest BCUT2D eigenvalue weighted by Gasteiger charge is -2.29. The first-order valence-corrected chi connectivity index (χ1v) is 8.67. The van der Waals surface area contributed by atoms with Crippen LogP contribution < -0.4 is 10.2 Å². The number of nitrogens with one attached hydrogen (secondary N) is 1. The van der Waals surface area contributed by atoms with Crippen LogP contribution in [0.5, 0.6) is 0 Å². The largest absolute Gasteiger partial charge is 0.459 e. The maximum atomic E-state index is 13.0. The molecule has 0 unspecified atom stereocenters. The summed E-state index contributed by atoms with van der Waals surface area (Å²) in [5, 5.41) is 2.82. The summed E-state index contributed by atoms with van der Waals surface area (Å²) in [7, 11) is 0. The predicted molar refractivity (Wildman–Crippen MR) is 99.5 cm³/mol. The molecule has 0 spiro atoms. The number of halogens is 1. The number of hydrogen-bond donors (Lipinski definition) is 1. The van der Waals surface area contributed by atoms with Crippen LogP contribution in [0.2, 0.25) is 0 Å². The van der Waals surface area contributed by atoms with Crippen molar-refractivity contribution in [2.75, 3.05) is 16.8 Å². The van der Waals surface area contributed by atoms with Crippen LogP contribution in [0, 0.1) is 5.82 Å². The minimum atomic E-state index is -0.387. The van der Waals surface area contributed by atoms with Crippen LogP contribution in [0.1, 0.15) is 32.9 Å². The van der Waals surface area contributed by atoms with Crippen molar-refractivity contribution in [2.45, 2.75) is 12.8 Å². The van der Waals surface area contributed by atoms with E-state index in [-0.39, 0.29) is 17.6 Å². The number of hydrogen-bond acceptors (Lipinski definition) is 3. The Kier molecular flexibility index (Phi) is 4.46. The molecular formula is C21H17FN2O3. The van der Waals surface area contributed by atoms with E-state index in [0.29, 0.717) is 23.6 Å². The van der Waals surface area contributed by atoms with Gasteiger partial charge in [-0.3, -0.25) is 9.59 Å². The van der Waals surface area contributed by atoms with Gasteiger partial charge in [-0.2, -0.15) is 0 Å². The van der Waals surface area contributed by atoms with Gasteiger partial charge in [0.1, 0.15) is 5.82 Å². The van der Waals surface area contributed by atoms with Crippen LogP contribution in [0.15, 0.2) is 65.3 Å². The molecule has 0 atom stereocenters. The Labute approximate surface area is 155 Å². The van der Waals surface area contributed by atoms with Crippen molar-refractivity contribution in [3.8, 4) is 0 Å². The molecule has 2 amide bonds. The lowest BCUT2D eigenvalue weighted by Crippen LogP contribution is -2.35. The van der Waals surface area contributed by atoms with Gasteiger partial charge < -0.3 is 14.6 Å². The lowest BCUT2D eigenvalue weighted by molar-refractivity contribution is 0.0957. The van der Waals surface area contributed by atoms with E-state index >= 15 is 0 Å². The lowest BCUT2D eigenvalue weighted by atomic mass is 10.0. The number of aryl methyl sites for hydroxylation is 1. The Hall–Kier alpha value is -3.41. The fourth-order valence-corrected chi connectivity index (χ4v) is 3.22. The van der Waals surface area contributed by atoms with Crippen LogP contribution in [0.25, 0.3) is 0 Å². The Morgan fingerprint density at radius 1 is 1.07 bits per heavy atom. The Morgan fingerprint density at radius 2 is 1.89 bits per heavy atom. The number of fused-ring (bicyclic) bond motifs is 1. The van der Waals surface area contributed by atoms with E-state index in [9.17, 15) is 14.0 Å². The molecule has 1 N–H and O–H groups in total. The summed E-state index contributed by atoms with van der Waals surface area (Å²) >= 11 is 0. The van der Waals surface area contributed by atoms with E-state index in [1.54, 1.807) is 23.1 Å². The van der Waals surface area contributed by atoms with Crippen molar-refractivity contribution in [1.82, 2.24) is 0 Å². The molecular weight excluding hydrogens is 347 g/mol. The molecule has 136 valence electrons. The molecule has 27 heavy (non-hydrogen) atoms. The normalized spacial score (nSPS) is 13.1. The van der Waals surface area contributed by atoms with Crippen molar-refractivity contribution in [1.29, 1.82) is 0 Å². The first-order valence-electron chi connectivity index (χ1n) is 8.67. The van der Waals surface area contributed by atoms with E-state index in [2.05, 4.69) is 5.32 Å². The van der Waals surface area contributed by atoms with E-state index in [1.807, 2.05) is 12.1 Å². The van der Waals surface area contributed by atoms with Crippen molar-refractivity contribution < 1.29 is 18.4 Å². The summed E-state index contributed by atoms with van der Waals surface area (Å²) in [6.45, 7) is 0.619. The highest BCUT2D eigenvalue weighted by molar-refractivity contribution is 6.06. The number of nitrogens with zero attached hydrogens (tertiary/aromatic N) is 1. The zero-order chi connectivity index (χ0) is 18.8. The van der Waals surface area contributed by atoms with Crippen molar-refractivity contribution in [3.63, 3.8) is 0 Å². The molecule has 0 radical (unpaired) electrons. The number of rotatable bonds is 3. The Morgan fingerprint density at radius 3 is 2.63 bits per heavy atom. The fraction of sp³-hybridized carbons (Fsp3) is 0.143. The second-order valence-corrected chi connectivity index (χ2v) is 6.34. The SMILES string of the molecule is O=C(Nc1ccc2c(c1)CCCN2C(=O)c1ccco1)c1ccc(F)cc1. The minimum Gasteiger partial charge on any atom is -0.459 e. The van der Waals surface area contributed by atoms with Gasteiger partial charge in [0.25, 0.3) is 11.8 Å². The molecule has 3 aromatic rings. The summed E-state index contributed by atoms with van der Waals surface area (Å²) < 4.78 is 18.2. The van der Waals surface area contributed by atoms with E-state index in [4.69, 9.17) is 4.42 Å². The summed E-state index contributed by atoms with van der Waals surface area (Å²) in [5.74, 6) is -0.573. The predicted octanol–water partition coefficient (Wildman–Crippen LogP) is 4.26. The standard InChI is InChI=1S/C21H17FN2O3/c22-16-7-5-14(6-8-16)20(25)23-17-9-10-18-15(13-17)3-1-11-24(18)21(26)19-4-2-12-27-19/h2,4-10,12-13H,1,3,11H2,(H,23,25). The number of benzene rings is 2. The molecule has 0 saturated carbocycles. The van der Waals surface area contributed by atoms with Crippen molar-refractivity contribution >= 4 is 23.2 Å². The summed E-state index contributed by atoms with van der Waals surface area (Å²) in [5.41, 5.74) is 2.82. The molecule has 0 fully saturated rings. The second-order valence-electron chi connectivity index (χ2n) is 6.34. The summed E-state index contributed by atoms with van der Waals surface area (Å²) in [6, 6.07) is 14.2. The molecule has 4 rings (SSSR count). The quantitative estimate of drug-likeness (QED) is 0.755. The van der Waals surface area contributed by atoms with Gasteiger partial charge >= 0.3 is 0 Å². The van der Waals surface area contributed by atoms with Gasteiger partial charge in [-0.15, -0.1) is 0 Å². The number of carbonyl (C=O) groups is 2. The number of amides is 2.